The van der Waals surface area contributed by atoms with Gasteiger partial charge in [-0.3, -0.25) is 24.6 Å². The molecule has 4 aliphatic rings. The molecule has 1 spiro atoms. The Balaban J connectivity index is 1.43. The molecule has 34 heavy (non-hydrogen) atoms. The summed E-state index contributed by atoms with van der Waals surface area (Å²) in [5.41, 5.74) is 0.985. The van der Waals surface area contributed by atoms with Gasteiger partial charge in [-0.15, -0.1) is 0 Å². The van der Waals surface area contributed by atoms with Crippen molar-refractivity contribution >= 4 is 35.0 Å². The molecule has 4 heterocycles. The first kappa shape index (κ1) is 21.4. The molecule has 0 radical (unpaired) electrons. The third kappa shape index (κ3) is 2.65. The van der Waals surface area contributed by atoms with E-state index in [1.807, 2.05) is 0 Å². The summed E-state index contributed by atoms with van der Waals surface area (Å²) in [6, 6.07) is 7.84. The Morgan fingerprint density at radius 1 is 1.18 bits per heavy atom. The first-order valence-electron chi connectivity index (χ1n) is 11.0. The van der Waals surface area contributed by atoms with E-state index >= 15 is 0 Å². The van der Waals surface area contributed by atoms with Gasteiger partial charge in [-0.2, -0.15) is 0 Å². The normalized spacial score (nSPS) is 29.6. The number of rotatable bonds is 3. The molecular formula is C24H22ClN3O6. The molecule has 5 atom stereocenters. The zero-order valence-electron chi connectivity index (χ0n) is 18.4. The maximum Gasteiger partial charge on any atom is 0.250 e. The van der Waals surface area contributed by atoms with Gasteiger partial charge in [-0.25, -0.2) is 0 Å². The first-order valence-corrected chi connectivity index (χ1v) is 11.4. The number of imide groups is 1. The minimum atomic E-state index is -1.48. The van der Waals surface area contributed by atoms with Gasteiger partial charge in [0, 0.05) is 16.6 Å². The molecule has 176 valence electrons. The van der Waals surface area contributed by atoms with Crippen LogP contribution in [0.5, 0.6) is 11.5 Å². The number of halogens is 1. The fourth-order valence-corrected chi connectivity index (χ4v) is 5.93. The van der Waals surface area contributed by atoms with Gasteiger partial charge in [0.05, 0.1) is 30.2 Å². The number of nitrogens with one attached hydrogen (secondary N) is 2. The van der Waals surface area contributed by atoms with Crippen molar-refractivity contribution in [3.63, 3.8) is 0 Å². The summed E-state index contributed by atoms with van der Waals surface area (Å²) >= 11 is 6.27. The highest BCUT2D eigenvalue weighted by molar-refractivity contribution is 6.32. The molecule has 0 unspecified atom stereocenters. The number of carbonyl (C=O) groups is 3. The number of aliphatic hydroxyl groups is 1. The number of likely N-dealkylation sites (tertiary alicyclic amines) is 1. The highest BCUT2D eigenvalue weighted by Gasteiger charge is 2.71. The lowest BCUT2D eigenvalue weighted by Crippen LogP contribution is -2.54. The summed E-state index contributed by atoms with van der Waals surface area (Å²) in [6.45, 7) is 3.48. The second-order valence-electron chi connectivity index (χ2n) is 9.22. The molecule has 4 aliphatic heterocycles. The van der Waals surface area contributed by atoms with Crippen LogP contribution in [0, 0.1) is 18.8 Å². The summed E-state index contributed by atoms with van der Waals surface area (Å²) in [6.07, 6.45) is -0.973. The molecule has 2 aromatic rings. The van der Waals surface area contributed by atoms with Gasteiger partial charge >= 0.3 is 0 Å². The minimum absolute atomic E-state index is 0.0258. The summed E-state index contributed by atoms with van der Waals surface area (Å²) in [4.78, 5) is 42.0. The Bertz CT molecular complexity index is 1280. The third-order valence-corrected chi connectivity index (χ3v) is 7.82. The van der Waals surface area contributed by atoms with Gasteiger partial charge in [0.1, 0.15) is 5.54 Å². The average molecular weight is 484 g/mol. The van der Waals surface area contributed by atoms with Crippen molar-refractivity contribution in [3.8, 4) is 11.5 Å². The van der Waals surface area contributed by atoms with Crippen molar-refractivity contribution in [3.05, 3.63) is 52.0 Å². The van der Waals surface area contributed by atoms with Crippen molar-refractivity contribution < 1.29 is 29.0 Å². The molecule has 2 fully saturated rings. The van der Waals surface area contributed by atoms with Crippen LogP contribution in [0.1, 0.15) is 23.6 Å². The Kier molecular flexibility index (Phi) is 4.52. The fourth-order valence-electron chi connectivity index (χ4n) is 5.77. The Morgan fingerprint density at radius 2 is 1.94 bits per heavy atom. The minimum Gasteiger partial charge on any atom is -0.454 e. The van der Waals surface area contributed by atoms with Crippen molar-refractivity contribution in [1.82, 2.24) is 10.2 Å². The number of hydrogen-bond acceptors (Lipinski definition) is 7. The van der Waals surface area contributed by atoms with Crippen LogP contribution in [0.15, 0.2) is 30.3 Å². The zero-order valence-corrected chi connectivity index (χ0v) is 19.2. The van der Waals surface area contributed by atoms with E-state index in [4.69, 9.17) is 21.1 Å². The summed E-state index contributed by atoms with van der Waals surface area (Å²) in [7, 11) is 0. The largest absolute Gasteiger partial charge is 0.454 e. The number of carbonyl (C=O) groups excluding carboxylic acids is 3. The molecule has 2 aromatic carbocycles. The molecule has 0 saturated carbocycles. The quantitative estimate of drug-likeness (QED) is 0.568. The van der Waals surface area contributed by atoms with Crippen LogP contribution in [0.3, 0.4) is 0 Å². The smallest absolute Gasteiger partial charge is 0.250 e. The maximum atomic E-state index is 13.8. The number of amides is 3. The number of nitrogens with zero attached hydrogens (tertiary/aromatic N) is 1. The molecule has 2 saturated heterocycles. The van der Waals surface area contributed by atoms with E-state index in [0.717, 1.165) is 0 Å². The molecule has 3 amide bonds. The van der Waals surface area contributed by atoms with Gasteiger partial charge in [-0.05, 0) is 43.2 Å². The van der Waals surface area contributed by atoms with E-state index in [1.165, 1.54) is 4.90 Å². The van der Waals surface area contributed by atoms with Gasteiger partial charge in [0.25, 0.3) is 0 Å². The lowest BCUT2D eigenvalue weighted by molar-refractivity contribution is -0.143. The van der Waals surface area contributed by atoms with E-state index in [1.54, 1.807) is 44.2 Å². The number of ether oxygens (including phenoxy) is 2. The molecule has 3 N–H and O–H groups in total. The second-order valence-corrected chi connectivity index (χ2v) is 9.63. The SMILES string of the molecule is Cc1c(Cl)ccc2c1NC(=O)[C@@]21N[C@H]([C@@H](C)O)[C@H]2C(=O)N(Cc3ccc4c(c3)OCO4)C(=O)[C@@H]21. The first-order chi connectivity index (χ1) is 16.2. The van der Waals surface area contributed by atoms with Gasteiger partial charge in [-0.1, -0.05) is 23.7 Å². The lowest BCUT2D eigenvalue weighted by atomic mass is 9.76. The molecular weight excluding hydrogens is 462 g/mol. The second kappa shape index (κ2) is 7.18. The highest BCUT2D eigenvalue weighted by Crippen LogP contribution is 2.54. The predicted molar refractivity (Wildman–Crippen MR) is 120 cm³/mol. The van der Waals surface area contributed by atoms with Crippen LogP contribution in [-0.4, -0.2) is 46.7 Å². The van der Waals surface area contributed by atoms with Gasteiger partial charge in [0.2, 0.25) is 24.5 Å². The van der Waals surface area contributed by atoms with Crippen LogP contribution < -0.4 is 20.1 Å². The Hall–Kier alpha value is -3.14. The van der Waals surface area contributed by atoms with E-state index in [-0.39, 0.29) is 13.3 Å². The van der Waals surface area contributed by atoms with Crippen molar-refractivity contribution in [2.24, 2.45) is 11.8 Å². The average Bonchev–Trinajstić information content (AvgIpc) is 3.53. The van der Waals surface area contributed by atoms with Crippen LogP contribution in [0.4, 0.5) is 5.69 Å². The number of anilines is 1. The third-order valence-electron chi connectivity index (χ3n) is 7.41. The number of aliphatic hydroxyl groups excluding tert-OH is 1. The van der Waals surface area contributed by atoms with Crippen LogP contribution in [-0.2, 0) is 26.5 Å². The maximum absolute atomic E-state index is 13.8. The lowest BCUT2D eigenvalue weighted by Gasteiger charge is -2.30. The Morgan fingerprint density at radius 3 is 2.71 bits per heavy atom. The van der Waals surface area contributed by atoms with E-state index in [9.17, 15) is 19.5 Å². The standard InChI is InChI=1S/C24H22ClN3O6/c1-10-14(25)5-4-13-19(10)26-23(32)24(13)18-17(20(27-24)11(2)29)21(30)28(22(18)31)8-12-3-6-15-16(7-12)34-9-33-15/h3-7,11,17-18,20,27,29H,8-9H2,1-2H3,(H,26,32)/t11-,17+,18-,20-,24-/m1/s1. The predicted octanol–water partition coefficient (Wildman–Crippen LogP) is 1.68. The Labute approximate surface area is 200 Å². The monoisotopic (exact) mass is 483 g/mol. The number of hydrogen-bond donors (Lipinski definition) is 3. The number of fused-ring (bicyclic) bond motifs is 5. The van der Waals surface area contributed by atoms with Crippen LogP contribution in [0.2, 0.25) is 5.02 Å². The summed E-state index contributed by atoms with van der Waals surface area (Å²) in [5.74, 6) is -2.06. The molecule has 9 nitrogen and oxygen atoms in total. The van der Waals surface area contributed by atoms with Crippen molar-refractivity contribution in [2.45, 2.75) is 38.1 Å². The van der Waals surface area contributed by atoms with Gasteiger partial charge in [0.15, 0.2) is 11.5 Å². The van der Waals surface area contributed by atoms with E-state index in [2.05, 4.69) is 10.6 Å². The van der Waals surface area contributed by atoms with Crippen LogP contribution in [0.25, 0.3) is 0 Å². The van der Waals surface area contributed by atoms with Crippen molar-refractivity contribution in [2.75, 3.05) is 12.1 Å². The highest BCUT2D eigenvalue weighted by atomic mass is 35.5. The van der Waals surface area contributed by atoms with Crippen molar-refractivity contribution in [1.29, 1.82) is 0 Å². The van der Waals surface area contributed by atoms with Gasteiger partial charge < -0.3 is 19.9 Å². The number of benzene rings is 2. The summed E-state index contributed by atoms with van der Waals surface area (Å²) < 4.78 is 10.7. The molecule has 0 bridgehead atoms. The fraction of sp³-hybridized carbons (Fsp3) is 0.375. The van der Waals surface area contributed by atoms with E-state index < -0.39 is 47.2 Å². The molecule has 10 heteroatoms. The zero-order chi connectivity index (χ0) is 23.9. The van der Waals surface area contributed by atoms with Crippen LogP contribution >= 0.6 is 11.6 Å². The molecule has 0 aliphatic carbocycles. The summed E-state index contributed by atoms with van der Waals surface area (Å²) in [5, 5.41) is 17.1. The van der Waals surface area contributed by atoms with E-state index in [0.29, 0.717) is 38.9 Å². The topological polar surface area (TPSA) is 117 Å². The molecule has 6 rings (SSSR count). The molecule has 0 aromatic heterocycles.